The van der Waals surface area contributed by atoms with Gasteiger partial charge in [-0.2, -0.15) is 0 Å². The summed E-state index contributed by atoms with van der Waals surface area (Å²) in [5.74, 6) is -0.309. The van der Waals surface area contributed by atoms with Crippen molar-refractivity contribution in [1.82, 2.24) is 4.90 Å². The van der Waals surface area contributed by atoms with Gasteiger partial charge in [-0.25, -0.2) is 4.39 Å². The van der Waals surface area contributed by atoms with E-state index in [1.807, 2.05) is 9.80 Å². The van der Waals surface area contributed by atoms with Crippen LogP contribution in [0.2, 0.25) is 0 Å². The molecule has 1 aliphatic carbocycles. The number of nitrogens with one attached hydrogen (secondary N) is 1. The smallest absolute Gasteiger partial charge is 0.230 e. The van der Waals surface area contributed by atoms with Crippen molar-refractivity contribution in [1.29, 1.82) is 0 Å². The molecule has 0 bridgehead atoms. The Bertz CT molecular complexity index is 809. The molecule has 2 N–H and O–H groups in total. The number of hydrogen-bond acceptors (Lipinski definition) is 4. The van der Waals surface area contributed by atoms with Crippen LogP contribution in [0, 0.1) is 11.2 Å². The molecule has 1 atom stereocenters. The molecule has 0 unspecified atom stereocenters. The third kappa shape index (κ3) is 4.04. The summed E-state index contributed by atoms with van der Waals surface area (Å²) in [5, 5.41) is 12.5. The Morgan fingerprint density at radius 3 is 2.70 bits per heavy atom. The molecule has 2 heterocycles. The molecule has 0 radical (unpaired) electrons. The van der Waals surface area contributed by atoms with Gasteiger partial charge >= 0.3 is 0 Å². The molecular formula is C23H32FN3O3. The van der Waals surface area contributed by atoms with Crippen LogP contribution in [0.15, 0.2) is 18.2 Å². The molecule has 2 amide bonds. The van der Waals surface area contributed by atoms with E-state index in [0.29, 0.717) is 24.3 Å². The zero-order chi connectivity index (χ0) is 21.3. The van der Waals surface area contributed by atoms with Gasteiger partial charge in [-0.1, -0.05) is 6.92 Å². The summed E-state index contributed by atoms with van der Waals surface area (Å²) in [6.07, 6.45) is 5.89. The summed E-state index contributed by atoms with van der Waals surface area (Å²) >= 11 is 0. The summed E-state index contributed by atoms with van der Waals surface area (Å²) in [7, 11) is 0. The zero-order valence-electron chi connectivity index (χ0n) is 17.7. The highest BCUT2D eigenvalue weighted by Gasteiger charge is 2.50. The Labute approximate surface area is 177 Å². The molecule has 6 nitrogen and oxygen atoms in total. The van der Waals surface area contributed by atoms with Gasteiger partial charge in [-0.3, -0.25) is 9.59 Å². The van der Waals surface area contributed by atoms with E-state index in [2.05, 4.69) is 5.32 Å². The molecule has 1 spiro atoms. The largest absolute Gasteiger partial charge is 0.393 e. The fraction of sp³-hybridized carbons (Fsp3) is 0.652. The van der Waals surface area contributed by atoms with Crippen molar-refractivity contribution in [3.8, 4) is 0 Å². The summed E-state index contributed by atoms with van der Waals surface area (Å²) < 4.78 is 14.9. The predicted molar refractivity (Wildman–Crippen MR) is 114 cm³/mol. The Hall–Kier alpha value is -2.15. The van der Waals surface area contributed by atoms with Gasteiger partial charge in [0.15, 0.2) is 0 Å². The second-order valence-corrected chi connectivity index (χ2v) is 9.08. The minimum absolute atomic E-state index is 0.147. The molecule has 7 heteroatoms. The molecule has 1 aromatic carbocycles. The highest BCUT2D eigenvalue weighted by molar-refractivity contribution is 5.90. The first-order chi connectivity index (χ1) is 14.4. The van der Waals surface area contributed by atoms with Gasteiger partial charge in [-0.05, 0) is 63.1 Å². The zero-order valence-corrected chi connectivity index (χ0v) is 17.7. The number of piperidine rings is 1. The van der Waals surface area contributed by atoms with E-state index < -0.39 is 5.41 Å². The first-order valence-corrected chi connectivity index (χ1v) is 11.3. The maximum Gasteiger partial charge on any atom is 0.230 e. The Balaban J connectivity index is 1.47. The van der Waals surface area contributed by atoms with Crippen LogP contribution in [-0.4, -0.2) is 53.6 Å². The highest BCUT2D eigenvalue weighted by Crippen LogP contribution is 2.43. The summed E-state index contributed by atoms with van der Waals surface area (Å²) in [6, 6.07) is 5.03. The van der Waals surface area contributed by atoms with Crippen LogP contribution in [0.5, 0.6) is 0 Å². The highest BCUT2D eigenvalue weighted by atomic mass is 19.1. The van der Waals surface area contributed by atoms with Crippen molar-refractivity contribution in [2.45, 2.75) is 70.4 Å². The number of carbonyl (C=O) groups excluding carboxylic acids is 2. The molecule has 164 valence electrons. The number of carbonyl (C=O) groups is 2. The van der Waals surface area contributed by atoms with Crippen LogP contribution < -0.4 is 10.2 Å². The van der Waals surface area contributed by atoms with Crippen molar-refractivity contribution in [2.24, 2.45) is 5.41 Å². The Kier molecular flexibility index (Phi) is 6.00. The number of amides is 2. The lowest BCUT2D eigenvalue weighted by molar-refractivity contribution is -0.139. The van der Waals surface area contributed by atoms with Crippen molar-refractivity contribution in [3.05, 3.63) is 24.0 Å². The van der Waals surface area contributed by atoms with Gasteiger partial charge in [-0.15, -0.1) is 0 Å². The number of likely N-dealkylation sites (tertiary alicyclic amines) is 1. The molecule has 3 aliphatic rings. The van der Waals surface area contributed by atoms with E-state index >= 15 is 0 Å². The number of rotatable bonds is 4. The summed E-state index contributed by atoms with van der Waals surface area (Å²) in [4.78, 5) is 29.0. The van der Waals surface area contributed by atoms with Crippen LogP contribution in [0.3, 0.4) is 0 Å². The van der Waals surface area contributed by atoms with Crippen molar-refractivity contribution in [3.63, 3.8) is 0 Å². The van der Waals surface area contributed by atoms with E-state index in [4.69, 9.17) is 0 Å². The molecular weight excluding hydrogens is 385 g/mol. The maximum absolute atomic E-state index is 14.9. The van der Waals surface area contributed by atoms with E-state index in [1.165, 1.54) is 6.07 Å². The fourth-order valence-electron chi connectivity index (χ4n) is 5.37. The molecule has 4 rings (SSSR count). The molecule has 30 heavy (non-hydrogen) atoms. The van der Waals surface area contributed by atoms with Crippen LogP contribution in [0.4, 0.5) is 15.8 Å². The third-order valence-corrected chi connectivity index (χ3v) is 7.12. The minimum atomic E-state index is -0.435. The lowest BCUT2D eigenvalue weighted by Crippen LogP contribution is -2.50. The first kappa shape index (κ1) is 21.1. The molecule has 2 saturated heterocycles. The Morgan fingerprint density at radius 2 is 2.00 bits per heavy atom. The van der Waals surface area contributed by atoms with Crippen LogP contribution in [0.1, 0.15) is 58.3 Å². The topological polar surface area (TPSA) is 72.9 Å². The van der Waals surface area contributed by atoms with Gasteiger partial charge in [0.25, 0.3) is 0 Å². The van der Waals surface area contributed by atoms with Gasteiger partial charge in [0, 0.05) is 37.8 Å². The maximum atomic E-state index is 14.9. The first-order valence-electron chi connectivity index (χ1n) is 11.3. The Morgan fingerprint density at radius 1 is 1.23 bits per heavy atom. The van der Waals surface area contributed by atoms with Gasteiger partial charge in [0.05, 0.1) is 17.2 Å². The van der Waals surface area contributed by atoms with Gasteiger partial charge in [0.1, 0.15) is 5.82 Å². The number of aliphatic hydroxyl groups is 1. The standard InChI is InChI=1S/C23H32FN3O3/c1-2-21(29)25-16-4-9-20(19(24)14-16)26-12-3-10-23(15-26)11-13-27(22(23)30)17-5-7-18(28)8-6-17/h4,9,14,17-18,28H,2-3,5-8,10-13,15H2,1H3,(H,25,29)/t17?,18?,23-/m0/s1. The van der Waals surface area contributed by atoms with E-state index in [0.717, 1.165) is 58.0 Å². The van der Waals surface area contributed by atoms with E-state index in [-0.39, 0.29) is 29.8 Å². The van der Waals surface area contributed by atoms with Crippen LogP contribution >= 0.6 is 0 Å². The van der Waals surface area contributed by atoms with Crippen LogP contribution in [-0.2, 0) is 9.59 Å². The SMILES string of the molecule is CCC(=O)Nc1ccc(N2CCC[C@]3(CCN(C4CCC(O)CC4)C3=O)C2)c(F)c1. The number of nitrogens with zero attached hydrogens (tertiary/aromatic N) is 2. The van der Waals surface area contributed by atoms with Crippen LogP contribution in [0.25, 0.3) is 0 Å². The second kappa shape index (κ2) is 8.53. The van der Waals surface area contributed by atoms with Crippen molar-refractivity contribution in [2.75, 3.05) is 29.9 Å². The van der Waals surface area contributed by atoms with Crippen molar-refractivity contribution >= 4 is 23.2 Å². The van der Waals surface area contributed by atoms with Gasteiger partial charge in [0.2, 0.25) is 11.8 Å². The quantitative estimate of drug-likeness (QED) is 0.789. The number of halogens is 1. The number of aliphatic hydroxyl groups excluding tert-OH is 1. The van der Waals surface area contributed by atoms with Crippen molar-refractivity contribution < 1.29 is 19.1 Å². The minimum Gasteiger partial charge on any atom is -0.393 e. The molecule has 1 saturated carbocycles. The number of anilines is 2. The molecule has 3 fully saturated rings. The van der Waals surface area contributed by atoms with E-state index in [1.54, 1.807) is 19.1 Å². The fourth-order valence-corrected chi connectivity index (χ4v) is 5.37. The predicted octanol–water partition coefficient (Wildman–Crippen LogP) is 3.30. The molecule has 2 aliphatic heterocycles. The molecule has 0 aromatic heterocycles. The lowest BCUT2D eigenvalue weighted by atomic mass is 9.78. The monoisotopic (exact) mass is 417 g/mol. The average Bonchev–Trinajstić information content (AvgIpc) is 3.04. The average molecular weight is 418 g/mol. The lowest BCUT2D eigenvalue weighted by Gasteiger charge is -2.41. The number of benzene rings is 1. The normalized spacial score (nSPS) is 29.5. The van der Waals surface area contributed by atoms with Gasteiger partial charge < -0.3 is 20.2 Å². The molecule has 1 aromatic rings. The second-order valence-electron chi connectivity index (χ2n) is 9.08. The third-order valence-electron chi connectivity index (χ3n) is 7.12. The number of hydrogen-bond donors (Lipinski definition) is 2. The van der Waals surface area contributed by atoms with E-state index in [9.17, 15) is 19.1 Å². The summed E-state index contributed by atoms with van der Waals surface area (Å²) in [5.41, 5.74) is 0.517. The summed E-state index contributed by atoms with van der Waals surface area (Å²) in [6.45, 7) is 3.78.